The zero-order valence-electron chi connectivity index (χ0n) is 15.8. The number of carbonyl (C=O) groups is 1. The minimum Gasteiger partial charge on any atom is -0.497 e. The van der Waals surface area contributed by atoms with Gasteiger partial charge in [-0.05, 0) is 49.2 Å². The number of methoxy groups -OCH3 is 1. The number of pyridine rings is 1. The SMILES string of the molecule is COc1ccc(N2CCN(C(=O)c3ccc(N4CCCC4)nc3)CC2)cc1. The van der Waals surface area contributed by atoms with Gasteiger partial charge in [0.05, 0.1) is 12.7 Å². The fourth-order valence-electron chi connectivity index (χ4n) is 3.79. The Bertz CT molecular complexity index is 762. The van der Waals surface area contributed by atoms with Crippen LogP contribution in [-0.4, -0.2) is 62.2 Å². The second kappa shape index (κ2) is 7.86. The minimum absolute atomic E-state index is 0.0739. The van der Waals surface area contributed by atoms with E-state index in [1.165, 1.54) is 18.5 Å². The van der Waals surface area contributed by atoms with Crippen molar-refractivity contribution < 1.29 is 9.53 Å². The molecule has 27 heavy (non-hydrogen) atoms. The Labute approximate surface area is 160 Å². The lowest BCUT2D eigenvalue weighted by Crippen LogP contribution is -2.48. The third kappa shape index (κ3) is 3.84. The van der Waals surface area contributed by atoms with Crippen molar-refractivity contribution in [2.45, 2.75) is 12.8 Å². The average molecular weight is 366 g/mol. The molecular formula is C21H26N4O2. The normalized spacial score (nSPS) is 17.3. The smallest absolute Gasteiger partial charge is 0.255 e. The molecule has 1 aromatic heterocycles. The highest BCUT2D eigenvalue weighted by Gasteiger charge is 2.23. The molecule has 6 heteroatoms. The highest BCUT2D eigenvalue weighted by atomic mass is 16.5. The maximum absolute atomic E-state index is 12.8. The Morgan fingerprint density at radius 3 is 2.19 bits per heavy atom. The number of carbonyl (C=O) groups excluding carboxylic acids is 1. The van der Waals surface area contributed by atoms with Gasteiger partial charge in [0.2, 0.25) is 0 Å². The molecule has 2 fully saturated rings. The third-order valence-corrected chi connectivity index (χ3v) is 5.43. The van der Waals surface area contributed by atoms with Gasteiger partial charge in [-0.1, -0.05) is 0 Å². The van der Waals surface area contributed by atoms with Crippen molar-refractivity contribution in [2.24, 2.45) is 0 Å². The molecule has 3 heterocycles. The summed E-state index contributed by atoms with van der Waals surface area (Å²) in [6, 6.07) is 12.0. The summed E-state index contributed by atoms with van der Waals surface area (Å²) >= 11 is 0. The van der Waals surface area contributed by atoms with Crippen LogP contribution in [0.5, 0.6) is 5.75 Å². The number of anilines is 2. The van der Waals surface area contributed by atoms with Crippen LogP contribution in [0, 0.1) is 0 Å². The molecule has 6 nitrogen and oxygen atoms in total. The van der Waals surface area contributed by atoms with Crippen molar-refractivity contribution in [3.63, 3.8) is 0 Å². The highest BCUT2D eigenvalue weighted by molar-refractivity contribution is 5.94. The largest absolute Gasteiger partial charge is 0.497 e. The quantitative estimate of drug-likeness (QED) is 0.833. The second-order valence-electron chi connectivity index (χ2n) is 7.08. The first-order chi connectivity index (χ1) is 13.2. The number of hydrogen-bond donors (Lipinski definition) is 0. The van der Waals surface area contributed by atoms with Gasteiger partial charge in [-0.2, -0.15) is 0 Å². The number of piperazine rings is 1. The van der Waals surface area contributed by atoms with Crippen molar-refractivity contribution in [1.82, 2.24) is 9.88 Å². The summed E-state index contributed by atoms with van der Waals surface area (Å²) in [7, 11) is 1.67. The van der Waals surface area contributed by atoms with E-state index < -0.39 is 0 Å². The van der Waals surface area contributed by atoms with E-state index in [1.54, 1.807) is 13.3 Å². The number of benzene rings is 1. The third-order valence-electron chi connectivity index (χ3n) is 5.43. The molecule has 0 atom stereocenters. The van der Waals surface area contributed by atoms with E-state index in [1.807, 2.05) is 29.2 Å². The van der Waals surface area contributed by atoms with Crippen LogP contribution in [0.3, 0.4) is 0 Å². The van der Waals surface area contributed by atoms with Crippen LogP contribution < -0.4 is 14.5 Å². The van der Waals surface area contributed by atoms with Gasteiger partial charge in [0.25, 0.3) is 5.91 Å². The first-order valence-corrected chi connectivity index (χ1v) is 9.64. The van der Waals surface area contributed by atoms with E-state index in [9.17, 15) is 4.79 Å². The first-order valence-electron chi connectivity index (χ1n) is 9.64. The van der Waals surface area contributed by atoms with Gasteiger partial charge < -0.3 is 19.4 Å². The monoisotopic (exact) mass is 366 g/mol. The van der Waals surface area contributed by atoms with Crippen LogP contribution in [0.2, 0.25) is 0 Å². The first kappa shape index (κ1) is 17.6. The summed E-state index contributed by atoms with van der Waals surface area (Å²) in [4.78, 5) is 23.8. The lowest BCUT2D eigenvalue weighted by molar-refractivity contribution is 0.0746. The second-order valence-corrected chi connectivity index (χ2v) is 7.08. The predicted octanol–water partition coefficient (Wildman–Crippen LogP) is 2.65. The van der Waals surface area contributed by atoms with Gasteiger partial charge in [-0.15, -0.1) is 0 Å². The molecule has 2 aliphatic heterocycles. The molecule has 2 aromatic rings. The molecule has 1 aromatic carbocycles. The molecule has 142 valence electrons. The molecule has 0 spiro atoms. The molecule has 0 bridgehead atoms. The van der Waals surface area contributed by atoms with E-state index in [4.69, 9.17) is 4.74 Å². The number of ether oxygens (including phenoxy) is 1. The van der Waals surface area contributed by atoms with E-state index in [0.717, 1.165) is 50.8 Å². The Balaban J connectivity index is 1.35. The zero-order valence-corrected chi connectivity index (χ0v) is 15.8. The van der Waals surface area contributed by atoms with Gasteiger partial charge in [-0.25, -0.2) is 4.98 Å². The van der Waals surface area contributed by atoms with E-state index in [-0.39, 0.29) is 5.91 Å². The number of nitrogens with zero attached hydrogens (tertiary/aromatic N) is 4. The Hall–Kier alpha value is -2.76. The summed E-state index contributed by atoms with van der Waals surface area (Å²) in [5.74, 6) is 1.91. The van der Waals surface area contributed by atoms with Crippen molar-refractivity contribution in [1.29, 1.82) is 0 Å². The Kier molecular flexibility index (Phi) is 5.14. The maximum atomic E-state index is 12.8. The van der Waals surface area contributed by atoms with Crippen molar-refractivity contribution in [3.8, 4) is 5.75 Å². The fraction of sp³-hybridized carbons (Fsp3) is 0.429. The maximum Gasteiger partial charge on any atom is 0.255 e. The van der Waals surface area contributed by atoms with Crippen LogP contribution in [0.1, 0.15) is 23.2 Å². The van der Waals surface area contributed by atoms with Crippen LogP contribution in [0.25, 0.3) is 0 Å². The predicted molar refractivity (Wildman–Crippen MR) is 107 cm³/mol. The number of hydrogen-bond acceptors (Lipinski definition) is 5. The lowest BCUT2D eigenvalue weighted by Gasteiger charge is -2.36. The molecule has 1 amide bonds. The molecule has 2 saturated heterocycles. The van der Waals surface area contributed by atoms with E-state index in [0.29, 0.717) is 5.56 Å². The molecule has 0 saturated carbocycles. The number of rotatable bonds is 4. The lowest BCUT2D eigenvalue weighted by atomic mass is 10.2. The van der Waals surface area contributed by atoms with Gasteiger partial charge in [0.15, 0.2) is 0 Å². The number of aromatic nitrogens is 1. The highest BCUT2D eigenvalue weighted by Crippen LogP contribution is 2.22. The van der Waals surface area contributed by atoms with Gasteiger partial charge in [-0.3, -0.25) is 4.79 Å². The summed E-state index contributed by atoms with van der Waals surface area (Å²) in [5, 5.41) is 0. The van der Waals surface area contributed by atoms with Gasteiger partial charge >= 0.3 is 0 Å². The van der Waals surface area contributed by atoms with Gasteiger partial charge in [0.1, 0.15) is 11.6 Å². The number of amides is 1. The van der Waals surface area contributed by atoms with Crippen molar-refractivity contribution in [2.75, 3.05) is 56.2 Å². The summed E-state index contributed by atoms with van der Waals surface area (Å²) in [6.45, 7) is 5.23. The van der Waals surface area contributed by atoms with Crippen LogP contribution in [0.15, 0.2) is 42.6 Å². The Morgan fingerprint density at radius 1 is 0.889 bits per heavy atom. The Morgan fingerprint density at radius 2 is 1.59 bits per heavy atom. The van der Waals surface area contributed by atoms with Crippen molar-refractivity contribution >= 4 is 17.4 Å². The van der Waals surface area contributed by atoms with Crippen LogP contribution in [-0.2, 0) is 0 Å². The molecule has 0 N–H and O–H groups in total. The van der Waals surface area contributed by atoms with Crippen LogP contribution >= 0.6 is 0 Å². The molecule has 0 aliphatic carbocycles. The summed E-state index contributed by atoms with van der Waals surface area (Å²) in [5.41, 5.74) is 1.84. The zero-order chi connectivity index (χ0) is 18.6. The minimum atomic E-state index is 0.0739. The van der Waals surface area contributed by atoms with E-state index >= 15 is 0 Å². The van der Waals surface area contributed by atoms with Crippen molar-refractivity contribution in [3.05, 3.63) is 48.2 Å². The van der Waals surface area contributed by atoms with Gasteiger partial charge in [0, 0.05) is 51.2 Å². The molecular weight excluding hydrogens is 340 g/mol. The van der Waals surface area contributed by atoms with E-state index in [2.05, 4.69) is 26.9 Å². The average Bonchev–Trinajstić information content (AvgIpc) is 3.28. The molecule has 4 rings (SSSR count). The fourth-order valence-corrected chi connectivity index (χ4v) is 3.79. The standard InChI is InChI=1S/C21H26N4O2/c1-27-19-7-5-18(6-8-19)23-12-14-25(15-13-23)21(26)17-4-9-20(22-16-17)24-10-2-3-11-24/h4-9,16H,2-3,10-15H2,1H3. The molecule has 0 unspecified atom stereocenters. The molecule has 0 radical (unpaired) electrons. The summed E-state index contributed by atoms with van der Waals surface area (Å²) < 4.78 is 5.21. The summed E-state index contributed by atoms with van der Waals surface area (Å²) in [6.07, 6.45) is 4.17. The van der Waals surface area contributed by atoms with Crippen LogP contribution in [0.4, 0.5) is 11.5 Å². The molecule has 2 aliphatic rings. The topological polar surface area (TPSA) is 48.9 Å².